The van der Waals surface area contributed by atoms with E-state index in [2.05, 4.69) is 21.3 Å². The Kier molecular flexibility index (Phi) is 50.2. The summed E-state index contributed by atoms with van der Waals surface area (Å²) >= 11 is 0. The summed E-state index contributed by atoms with van der Waals surface area (Å²) in [7, 11) is 1.75. The maximum Gasteiger partial charge on any atom is 0.306 e. The number of Topliss-reactive ketones (excluding diaryl/α,β-unsaturated/α-hetero) is 5. The van der Waals surface area contributed by atoms with Gasteiger partial charge < -0.3 is 61.3 Å². The number of aliphatic carboxylic acids is 3. The summed E-state index contributed by atoms with van der Waals surface area (Å²) in [5.41, 5.74) is 5.59. The quantitative estimate of drug-likeness (QED) is 0.0302. The molecule has 0 heterocycles. The number of carbonyl (C=O) groups excluding carboxylic acids is 7. The molecule has 0 rings (SSSR count). The molecule has 0 aromatic carbocycles. The Morgan fingerprint density at radius 2 is 0.939 bits per heavy atom. The van der Waals surface area contributed by atoms with Crippen molar-refractivity contribution in [1.29, 1.82) is 0 Å². The number of carbonyl (C=O) groups is 10. The number of rotatable bonds is 62. The number of likely N-dealkylation sites (N-methyl/N-ethyl adjacent to an activating group) is 1. The van der Waals surface area contributed by atoms with Crippen LogP contribution in [0.3, 0.4) is 0 Å². The van der Waals surface area contributed by atoms with Gasteiger partial charge in [-0.1, -0.05) is 110 Å². The lowest BCUT2D eigenvalue weighted by Gasteiger charge is -2.23. The summed E-state index contributed by atoms with van der Waals surface area (Å²) in [4.78, 5) is 121. The van der Waals surface area contributed by atoms with Gasteiger partial charge in [-0.2, -0.15) is 0 Å². The Labute approximate surface area is 488 Å². The largest absolute Gasteiger partial charge is 0.481 e. The van der Waals surface area contributed by atoms with Crippen LogP contribution in [-0.4, -0.2) is 172 Å². The highest BCUT2D eigenvalue weighted by molar-refractivity contribution is 5.89. The lowest BCUT2D eigenvalue weighted by Crippen LogP contribution is -2.48. The molecule has 0 radical (unpaired) electrons. The summed E-state index contributed by atoms with van der Waals surface area (Å²) in [6, 6.07) is -0.829. The zero-order valence-corrected chi connectivity index (χ0v) is 50.2. The van der Waals surface area contributed by atoms with E-state index in [0.29, 0.717) is 45.3 Å². The van der Waals surface area contributed by atoms with Crippen LogP contribution in [-0.2, 0) is 66.9 Å². The SMILES string of the molecule is CCC(C)[C@H](NC)C(=O)CN[C@@H](CCCCNC(=O)COCCOCCCC(=O)COCCOCCNC(=O)CCC(CC(=O)CCC(CC(=O)CCCCCCCCCCCCCCCCCCC(=O)O)C(=O)O)C(=O)O)C(=O)CN. The summed E-state index contributed by atoms with van der Waals surface area (Å²) in [5, 5.41) is 39.6. The Balaban J connectivity index is 3.97. The summed E-state index contributed by atoms with van der Waals surface area (Å²) in [6.07, 6.45) is 20.4. The van der Waals surface area contributed by atoms with Crippen LogP contribution < -0.4 is 27.0 Å². The molecule has 0 saturated heterocycles. The highest BCUT2D eigenvalue weighted by Crippen LogP contribution is 2.20. The number of carboxylic acids is 3. The van der Waals surface area contributed by atoms with Crippen molar-refractivity contribution < 1.29 is 82.2 Å². The molecular formula is C60H107N5O17. The molecule has 0 aliphatic carbocycles. The number of nitrogens with one attached hydrogen (secondary N) is 4. The van der Waals surface area contributed by atoms with Crippen molar-refractivity contribution in [3.05, 3.63) is 0 Å². The molecule has 2 amide bonds. The maximum absolute atomic E-state index is 12.7. The van der Waals surface area contributed by atoms with Crippen molar-refractivity contribution in [2.75, 3.05) is 86.1 Å². The van der Waals surface area contributed by atoms with E-state index in [1.807, 2.05) is 13.8 Å². The van der Waals surface area contributed by atoms with Crippen molar-refractivity contribution in [1.82, 2.24) is 21.3 Å². The van der Waals surface area contributed by atoms with Gasteiger partial charge in [-0.15, -0.1) is 0 Å². The second-order valence-electron chi connectivity index (χ2n) is 21.6. The molecule has 0 aromatic heterocycles. The van der Waals surface area contributed by atoms with Crippen molar-refractivity contribution >= 4 is 58.6 Å². The average Bonchev–Trinajstić information content (AvgIpc) is 3.44. The molecule has 0 bridgehead atoms. The lowest BCUT2D eigenvalue weighted by molar-refractivity contribution is -0.145. The first-order valence-corrected chi connectivity index (χ1v) is 30.7. The second-order valence-corrected chi connectivity index (χ2v) is 21.6. The fraction of sp³-hybridized carbons (Fsp3) is 0.833. The van der Waals surface area contributed by atoms with Gasteiger partial charge in [-0.3, -0.25) is 47.9 Å². The van der Waals surface area contributed by atoms with Gasteiger partial charge >= 0.3 is 17.9 Å². The van der Waals surface area contributed by atoms with E-state index in [0.717, 1.165) is 51.4 Å². The van der Waals surface area contributed by atoms with Crippen LogP contribution in [0.4, 0.5) is 0 Å². The molecule has 0 fully saturated rings. The molecule has 22 heteroatoms. The first-order valence-electron chi connectivity index (χ1n) is 30.7. The van der Waals surface area contributed by atoms with Gasteiger partial charge in [0.15, 0.2) is 17.3 Å². The van der Waals surface area contributed by atoms with Gasteiger partial charge in [0.2, 0.25) is 11.8 Å². The van der Waals surface area contributed by atoms with E-state index in [1.165, 1.54) is 51.4 Å². The van der Waals surface area contributed by atoms with Gasteiger partial charge in [0.25, 0.3) is 0 Å². The molecule has 9 N–H and O–H groups in total. The average molecular weight is 1170 g/mol. The molecule has 3 unspecified atom stereocenters. The van der Waals surface area contributed by atoms with Crippen molar-refractivity contribution in [2.45, 2.75) is 219 Å². The first-order chi connectivity index (χ1) is 39.4. The van der Waals surface area contributed by atoms with Gasteiger partial charge in [0.1, 0.15) is 24.8 Å². The number of hydrogen-bond donors (Lipinski definition) is 8. The molecule has 0 aromatic rings. The van der Waals surface area contributed by atoms with Crippen LogP contribution in [0.5, 0.6) is 0 Å². The molecular weight excluding hydrogens is 1060 g/mol. The van der Waals surface area contributed by atoms with Crippen LogP contribution in [0.15, 0.2) is 0 Å². The molecule has 5 atom stereocenters. The Morgan fingerprint density at radius 1 is 0.463 bits per heavy atom. The number of amides is 2. The van der Waals surface area contributed by atoms with Crippen molar-refractivity contribution in [2.24, 2.45) is 23.5 Å². The number of ether oxygens (including phenoxy) is 4. The molecule has 22 nitrogen and oxygen atoms in total. The minimum Gasteiger partial charge on any atom is -0.481 e. The van der Waals surface area contributed by atoms with E-state index in [9.17, 15) is 58.2 Å². The highest BCUT2D eigenvalue weighted by atomic mass is 16.5. The summed E-state index contributed by atoms with van der Waals surface area (Å²) in [5.74, 6) is -6.69. The maximum atomic E-state index is 12.7. The van der Waals surface area contributed by atoms with E-state index in [-0.39, 0.29) is 165 Å². The van der Waals surface area contributed by atoms with Gasteiger partial charge in [0.05, 0.1) is 70.0 Å². The second kappa shape index (κ2) is 53.2. The lowest BCUT2D eigenvalue weighted by atomic mass is 9.90. The topological polar surface area (TPSA) is 342 Å². The molecule has 0 saturated carbocycles. The Hall–Kier alpha value is -4.58. The molecule has 474 valence electrons. The zero-order chi connectivity index (χ0) is 61.0. The van der Waals surface area contributed by atoms with Crippen LogP contribution in [0, 0.1) is 17.8 Å². The number of ketones is 5. The minimum atomic E-state index is -1.23. The van der Waals surface area contributed by atoms with Crippen molar-refractivity contribution in [3.63, 3.8) is 0 Å². The summed E-state index contributed by atoms with van der Waals surface area (Å²) in [6.45, 7) is 5.51. The fourth-order valence-corrected chi connectivity index (χ4v) is 9.28. The molecule has 0 spiro atoms. The van der Waals surface area contributed by atoms with E-state index in [1.54, 1.807) is 7.05 Å². The van der Waals surface area contributed by atoms with Crippen molar-refractivity contribution in [3.8, 4) is 0 Å². The smallest absolute Gasteiger partial charge is 0.306 e. The molecule has 0 aliphatic rings. The van der Waals surface area contributed by atoms with Crippen LogP contribution in [0.2, 0.25) is 0 Å². The van der Waals surface area contributed by atoms with Gasteiger partial charge in [-0.25, -0.2) is 0 Å². The zero-order valence-electron chi connectivity index (χ0n) is 50.2. The Morgan fingerprint density at radius 3 is 1.46 bits per heavy atom. The third kappa shape index (κ3) is 45.9. The van der Waals surface area contributed by atoms with Gasteiger partial charge in [-0.05, 0) is 64.3 Å². The van der Waals surface area contributed by atoms with Crippen LogP contribution in [0.1, 0.15) is 206 Å². The number of nitrogens with two attached hydrogens (primary N) is 1. The predicted molar refractivity (Wildman–Crippen MR) is 311 cm³/mol. The third-order valence-corrected chi connectivity index (χ3v) is 14.5. The summed E-state index contributed by atoms with van der Waals surface area (Å²) < 4.78 is 21.6. The highest BCUT2D eigenvalue weighted by Gasteiger charge is 2.27. The van der Waals surface area contributed by atoms with Crippen LogP contribution in [0.25, 0.3) is 0 Å². The van der Waals surface area contributed by atoms with E-state index >= 15 is 0 Å². The normalized spacial score (nSPS) is 13.2. The standard InChI is InChI=1S/C60H107N5O17/c1-4-46(2)58(62-3)54(70)43-65-52(53(69)42-61)26-21-22-32-63-56(72)45-82-39-36-79-34-23-25-51(68)44-81-38-37-80-35-33-64-55(71)31-29-48(60(77)78)41-50(67)30-28-47(59(75)76)40-49(66)24-19-17-15-13-11-9-7-5-6-8-10-12-14-16-18-20-27-57(73)74/h46-48,52,58,62,65H,4-45,61H2,1-3H3,(H,63,72)(H,64,71)(H,73,74)(H,75,76)(H,77,78)/t46?,47?,48?,52-,58-/m0/s1. The first kappa shape index (κ1) is 77.4. The number of unbranched alkanes of at least 4 members (excludes halogenated alkanes) is 16. The van der Waals surface area contributed by atoms with E-state index < -0.39 is 47.5 Å². The molecule has 0 aliphatic heterocycles. The predicted octanol–water partition coefficient (Wildman–Crippen LogP) is 6.48. The monoisotopic (exact) mass is 1170 g/mol. The van der Waals surface area contributed by atoms with Gasteiger partial charge in [0, 0.05) is 64.6 Å². The number of hydrogen-bond acceptors (Lipinski definition) is 17. The third-order valence-electron chi connectivity index (χ3n) is 14.5. The van der Waals surface area contributed by atoms with E-state index in [4.69, 9.17) is 29.8 Å². The molecule has 82 heavy (non-hydrogen) atoms. The minimum absolute atomic E-state index is 0.00789. The fourth-order valence-electron chi connectivity index (χ4n) is 9.28. The Bertz CT molecular complexity index is 1790. The number of carboxylic acid groups (broad SMARTS) is 3. The van der Waals surface area contributed by atoms with Crippen LogP contribution >= 0.6 is 0 Å².